The summed E-state index contributed by atoms with van der Waals surface area (Å²) in [6.07, 6.45) is 2.19. The van der Waals surface area contributed by atoms with Gasteiger partial charge < -0.3 is 14.8 Å². The summed E-state index contributed by atoms with van der Waals surface area (Å²) in [5.41, 5.74) is 0. The molecule has 1 saturated heterocycles. The van der Waals surface area contributed by atoms with Gasteiger partial charge in [0, 0.05) is 12.5 Å². The molecule has 0 saturated carbocycles. The van der Waals surface area contributed by atoms with Crippen molar-refractivity contribution in [1.82, 2.24) is 5.32 Å². The fourth-order valence-electron chi connectivity index (χ4n) is 1.64. The summed E-state index contributed by atoms with van der Waals surface area (Å²) in [5.74, 6) is 1.000. The molecule has 12 heavy (non-hydrogen) atoms. The summed E-state index contributed by atoms with van der Waals surface area (Å²) in [6, 6.07) is 3.63. The van der Waals surface area contributed by atoms with Gasteiger partial charge in [-0.3, -0.25) is 0 Å². The number of hydrogen-bond acceptors (Lipinski definition) is 3. The highest BCUT2D eigenvalue weighted by Gasteiger charge is 2.25. The summed E-state index contributed by atoms with van der Waals surface area (Å²) >= 11 is 0. The fourth-order valence-corrected chi connectivity index (χ4v) is 1.64. The Morgan fingerprint density at radius 2 is 2.58 bits per heavy atom. The highest BCUT2D eigenvalue weighted by atomic mass is 16.4. The zero-order chi connectivity index (χ0) is 8.39. The van der Waals surface area contributed by atoms with E-state index in [1.54, 1.807) is 12.3 Å². The van der Waals surface area contributed by atoms with Crippen LogP contribution in [-0.4, -0.2) is 18.2 Å². The van der Waals surface area contributed by atoms with Crippen molar-refractivity contribution in [2.75, 3.05) is 13.1 Å². The maximum atomic E-state index is 9.78. The third-order valence-corrected chi connectivity index (χ3v) is 2.38. The third-order valence-electron chi connectivity index (χ3n) is 2.38. The molecular weight excluding hydrogens is 154 g/mol. The molecule has 0 aromatic carbocycles. The van der Waals surface area contributed by atoms with E-state index in [2.05, 4.69) is 5.32 Å². The topological polar surface area (TPSA) is 45.4 Å². The van der Waals surface area contributed by atoms with Gasteiger partial charge in [0.1, 0.15) is 11.9 Å². The molecule has 66 valence electrons. The van der Waals surface area contributed by atoms with Gasteiger partial charge in [0.2, 0.25) is 0 Å². The Labute approximate surface area is 71.4 Å². The van der Waals surface area contributed by atoms with E-state index in [1.807, 2.05) is 6.07 Å². The van der Waals surface area contributed by atoms with Gasteiger partial charge in [-0.2, -0.15) is 0 Å². The Hall–Kier alpha value is -0.800. The van der Waals surface area contributed by atoms with Gasteiger partial charge in [0.05, 0.1) is 6.26 Å². The number of aliphatic hydroxyl groups excluding tert-OH is 1. The second-order valence-electron chi connectivity index (χ2n) is 3.21. The van der Waals surface area contributed by atoms with Gasteiger partial charge in [-0.25, -0.2) is 0 Å². The molecule has 0 bridgehead atoms. The van der Waals surface area contributed by atoms with E-state index in [-0.39, 0.29) is 0 Å². The average molecular weight is 167 g/mol. The minimum absolute atomic E-state index is 0.316. The van der Waals surface area contributed by atoms with Gasteiger partial charge in [0.15, 0.2) is 0 Å². The minimum atomic E-state index is -0.435. The highest BCUT2D eigenvalue weighted by Crippen LogP contribution is 2.26. The minimum Gasteiger partial charge on any atom is -0.467 e. The first-order chi connectivity index (χ1) is 5.88. The monoisotopic (exact) mass is 167 g/mol. The molecule has 2 N–H and O–H groups in total. The van der Waals surface area contributed by atoms with Crippen LogP contribution in [0.5, 0.6) is 0 Å². The first kappa shape index (κ1) is 7.83. The van der Waals surface area contributed by atoms with Crippen molar-refractivity contribution >= 4 is 0 Å². The number of rotatable bonds is 2. The zero-order valence-corrected chi connectivity index (χ0v) is 6.86. The molecule has 0 radical (unpaired) electrons. The lowest BCUT2D eigenvalue weighted by molar-refractivity contribution is 0.0947. The van der Waals surface area contributed by atoms with Gasteiger partial charge >= 0.3 is 0 Å². The molecule has 1 aliphatic heterocycles. The first-order valence-corrected chi connectivity index (χ1v) is 4.30. The van der Waals surface area contributed by atoms with E-state index in [0.717, 1.165) is 19.5 Å². The van der Waals surface area contributed by atoms with Crippen LogP contribution in [0, 0.1) is 5.92 Å². The van der Waals surface area contributed by atoms with Crippen molar-refractivity contribution in [3.05, 3.63) is 24.2 Å². The summed E-state index contributed by atoms with van der Waals surface area (Å²) in [4.78, 5) is 0. The highest BCUT2D eigenvalue weighted by molar-refractivity contribution is 5.04. The maximum absolute atomic E-state index is 9.78. The smallest absolute Gasteiger partial charge is 0.132 e. The van der Waals surface area contributed by atoms with Crippen LogP contribution in [0.2, 0.25) is 0 Å². The quantitative estimate of drug-likeness (QED) is 0.688. The summed E-state index contributed by atoms with van der Waals surface area (Å²) in [5, 5.41) is 13.0. The summed E-state index contributed by atoms with van der Waals surface area (Å²) < 4.78 is 5.13. The Bertz CT molecular complexity index is 227. The first-order valence-electron chi connectivity index (χ1n) is 4.30. The summed E-state index contributed by atoms with van der Waals surface area (Å²) in [7, 11) is 0. The van der Waals surface area contributed by atoms with Crippen LogP contribution in [0.1, 0.15) is 18.3 Å². The second-order valence-corrected chi connectivity index (χ2v) is 3.21. The van der Waals surface area contributed by atoms with Gasteiger partial charge in [-0.05, 0) is 25.1 Å². The fraction of sp³-hybridized carbons (Fsp3) is 0.556. The zero-order valence-electron chi connectivity index (χ0n) is 6.86. The molecule has 2 atom stereocenters. The van der Waals surface area contributed by atoms with Crippen LogP contribution in [0.4, 0.5) is 0 Å². The van der Waals surface area contributed by atoms with E-state index in [0.29, 0.717) is 11.7 Å². The molecule has 3 heteroatoms. The Kier molecular flexibility index (Phi) is 2.15. The maximum Gasteiger partial charge on any atom is 0.132 e. The Morgan fingerprint density at radius 3 is 3.17 bits per heavy atom. The molecule has 2 heterocycles. The van der Waals surface area contributed by atoms with Gasteiger partial charge in [-0.15, -0.1) is 0 Å². The van der Waals surface area contributed by atoms with Gasteiger partial charge in [0.25, 0.3) is 0 Å². The molecule has 2 rings (SSSR count). The largest absolute Gasteiger partial charge is 0.467 e. The normalized spacial score (nSPS) is 25.9. The lowest BCUT2D eigenvalue weighted by Gasteiger charge is -2.13. The molecule has 1 aromatic heterocycles. The second kappa shape index (κ2) is 3.29. The molecule has 1 fully saturated rings. The van der Waals surface area contributed by atoms with Crippen LogP contribution in [0.3, 0.4) is 0 Å². The molecule has 1 unspecified atom stereocenters. The Balaban J connectivity index is 2.04. The van der Waals surface area contributed by atoms with E-state index >= 15 is 0 Å². The lowest BCUT2D eigenvalue weighted by atomic mass is 10.00. The number of aliphatic hydroxyl groups is 1. The number of furan rings is 1. The average Bonchev–Trinajstić information content (AvgIpc) is 2.77. The van der Waals surface area contributed by atoms with E-state index in [9.17, 15) is 5.11 Å². The van der Waals surface area contributed by atoms with Crippen molar-refractivity contribution in [2.24, 2.45) is 5.92 Å². The van der Waals surface area contributed by atoms with E-state index in [4.69, 9.17) is 4.42 Å². The van der Waals surface area contributed by atoms with Gasteiger partial charge in [-0.1, -0.05) is 0 Å². The molecular formula is C9H13NO2. The van der Waals surface area contributed by atoms with E-state index in [1.165, 1.54) is 0 Å². The van der Waals surface area contributed by atoms with Crippen molar-refractivity contribution < 1.29 is 9.52 Å². The van der Waals surface area contributed by atoms with E-state index < -0.39 is 6.10 Å². The predicted octanol–water partition coefficient (Wildman–Crippen LogP) is 0.922. The molecule has 1 aliphatic rings. The van der Waals surface area contributed by atoms with Crippen LogP contribution in [0.25, 0.3) is 0 Å². The Morgan fingerprint density at radius 1 is 1.67 bits per heavy atom. The van der Waals surface area contributed by atoms with Crippen molar-refractivity contribution in [1.29, 1.82) is 0 Å². The number of nitrogens with one attached hydrogen (secondary N) is 1. The molecule has 1 aromatic rings. The number of hydrogen-bond donors (Lipinski definition) is 2. The van der Waals surface area contributed by atoms with Crippen LogP contribution >= 0.6 is 0 Å². The lowest BCUT2D eigenvalue weighted by Crippen LogP contribution is -2.15. The van der Waals surface area contributed by atoms with Crippen molar-refractivity contribution in [3.8, 4) is 0 Å². The van der Waals surface area contributed by atoms with Crippen LogP contribution in [-0.2, 0) is 0 Å². The standard InChI is InChI=1S/C9H13NO2/c11-9(7-3-4-10-6-7)8-2-1-5-12-8/h1-2,5,7,9-11H,3-4,6H2/t7-,9?/m1/s1. The molecule has 0 aliphatic carbocycles. The molecule has 3 nitrogen and oxygen atoms in total. The molecule has 0 spiro atoms. The van der Waals surface area contributed by atoms with Crippen LogP contribution < -0.4 is 5.32 Å². The van der Waals surface area contributed by atoms with Crippen molar-refractivity contribution in [3.63, 3.8) is 0 Å². The van der Waals surface area contributed by atoms with Crippen molar-refractivity contribution in [2.45, 2.75) is 12.5 Å². The third kappa shape index (κ3) is 1.38. The predicted molar refractivity (Wildman–Crippen MR) is 44.6 cm³/mol. The summed E-state index contributed by atoms with van der Waals surface area (Å²) in [6.45, 7) is 1.89. The molecule has 0 amide bonds. The SMILES string of the molecule is OC(c1ccco1)[C@@H]1CCNC1. The van der Waals surface area contributed by atoms with Crippen LogP contribution in [0.15, 0.2) is 22.8 Å².